The Morgan fingerprint density at radius 1 is 1.35 bits per heavy atom. The number of nitrogens with zero attached hydrogens (tertiary/aromatic N) is 3. The molecule has 0 unspecified atom stereocenters. The smallest absolute Gasteiger partial charge is 0.317 e. The van der Waals surface area contributed by atoms with Gasteiger partial charge in [-0.2, -0.15) is 0 Å². The van der Waals surface area contributed by atoms with Gasteiger partial charge in [0.25, 0.3) is 0 Å². The van der Waals surface area contributed by atoms with Gasteiger partial charge in [0.15, 0.2) is 0 Å². The van der Waals surface area contributed by atoms with Crippen molar-refractivity contribution in [1.29, 1.82) is 0 Å². The Morgan fingerprint density at radius 3 is 2.96 bits per heavy atom. The number of methoxy groups -OCH3 is 1. The van der Waals surface area contributed by atoms with E-state index in [9.17, 15) is 4.79 Å². The van der Waals surface area contributed by atoms with Crippen LogP contribution >= 0.6 is 0 Å². The van der Waals surface area contributed by atoms with E-state index >= 15 is 0 Å². The molecule has 0 spiro atoms. The molecular formula is C17H26N4O2. The fourth-order valence-electron chi connectivity index (χ4n) is 3.51. The summed E-state index contributed by atoms with van der Waals surface area (Å²) in [5.74, 6) is 0.573. The third-order valence-electron chi connectivity index (χ3n) is 4.79. The van der Waals surface area contributed by atoms with Crippen LogP contribution in [0.1, 0.15) is 31.2 Å². The lowest BCUT2D eigenvalue weighted by Gasteiger charge is -2.37. The fourth-order valence-corrected chi connectivity index (χ4v) is 3.51. The van der Waals surface area contributed by atoms with Crippen LogP contribution in [0.4, 0.5) is 4.79 Å². The first kappa shape index (κ1) is 16.1. The summed E-state index contributed by atoms with van der Waals surface area (Å²) in [5, 5.41) is 3.02. The number of aromatic nitrogens is 1. The van der Waals surface area contributed by atoms with Crippen molar-refractivity contribution in [1.82, 2.24) is 20.1 Å². The lowest BCUT2D eigenvalue weighted by atomic mass is 10.0. The van der Waals surface area contributed by atoms with Crippen molar-refractivity contribution in [3.63, 3.8) is 0 Å². The second-order valence-corrected chi connectivity index (χ2v) is 6.35. The molecule has 1 aromatic heterocycles. The van der Waals surface area contributed by atoms with Crippen molar-refractivity contribution in [3.05, 3.63) is 23.9 Å². The number of pyridine rings is 1. The number of rotatable bonds is 4. The van der Waals surface area contributed by atoms with Crippen LogP contribution in [0.25, 0.3) is 0 Å². The number of hydrogen-bond acceptors (Lipinski definition) is 4. The van der Waals surface area contributed by atoms with Crippen molar-refractivity contribution in [3.8, 4) is 5.88 Å². The highest BCUT2D eigenvalue weighted by atomic mass is 16.5. The minimum atomic E-state index is 0.0321. The van der Waals surface area contributed by atoms with Crippen molar-refractivity contribution < 1.29 is 9.53 Å². The molecule has 2 saturated heterocycles. The zero-order chi connectivity index (χ0) is 16.1. The molecule has 23 heavy (non-hydrogen) atoms. The summed E-state index contributed by atoms with van der Waals surface area (Å²) in [4.78, 5) is 21.0. The third kappa shape index (κ3) is 4.13. The molecule has 126 valence electrons. The molecule has 0 bridgehead atoms. The van der Waals surface area contributed by atoms with Crippen LogP contribution in [0.5, 0.6) is 5.88 Å². The van der Waals surface area contributed by atoms with E-state index in [0.29, 0.717) is 18.5 Å². The molecule has 0 aromatic carbocycles. The molecule has 6 nitrogen and oxygen atoms in total. The van der Waals surface area contributed by atoms with Gasteiger partial charge in [-0.3, -0.25) is 4.90 Å². The Labute approximate surface area is 137 Å². The van der Waals surface area contributed by atoms with Crippen LogP contribution in [-0.2, 0) is 6.54 Å². The topological polar surface area (TPSA) is 57.7 Å². The van der Waals surface area contributed by atoms with Gasteiger partial charge in [0.05, 0.1) is 7.11 Å². The molecule has 0 saturated carbocycles. The standard InChI is InChI=1S/C17H26N4O2/c1-23-16-11-14(6-7-18-16)12-19-17(22)21-10-4-5-15(13-21)20-8-2-3-9-20/h6-7,11,15H,2-5,8-10,12-13H2,1H3,(H,19,22)/t15-/m1/s1. The van der Waals surface area contributed by atoms with Crippen molar-refractivity contribution in [2.24, 2.45) is 0 Å². The summed E-state index contributed by atoms with van der Waals surface area (Å²) in [6.45, 7) is 4.60. The summed E-state index contributed by atoms with van der Waals surface area (Å²) < 4.78 is 5.11. The molecular weight excluding hydrogens is 292 g/mol. The second kappa shape index (κ2) is 7.64. The van der Waals surface area contributed by atoms with E-state index in [0.717, 1.165) is 25.1 Å². The van der Waals surface area contributed by atoms with E-state index < -0.39 is 0 Å². The Kier molecular flexibility index (Phi) is 5.33. The molecule has 2 aliphatic rings. The SMILES string of the molecule is COc1cc(CNC(=O)N2CCC[C@@H](N3CCCC3)C2)ccn1. The van der Waals surface area contributed by atoms with Gasteiger partial charge >= 0.3 is 6.03 Å². The highest BCUT2D eigenvalue weighted by Gasteiger charge is 2.29. The predicted octanol–water partition coefficient (Wildman–Crippen LogP) is 1.86. The van der Waals surface area contributed by atoms with Gasteiger partial charge in [0.2, 0.25) is 5.88 Å². The highest BCUT2D eigenvalue weighted by molar-refractivity contribution is 5.74. The maximum absolute atomic E-state index is 12.4. The summed E-state index contributed by atoms with van der Waals surface area (Å²) in [6, 6.07) is 4.32. The monoisotopic (exact) mass is 318 g/mol. The summed E-state index contributed by atoms with van der Waals surface area (Å²) in [6.07, 6.45) is 6.60. The first-order chi connectivity index (χ1) is 11.3. The number of hydrogen-bond donors (Lipinski definition) is 1. The zero-order valence-corrected chi connectivity index (χ0v) is 13.8. The van der Waals surface area contributed by atoms with Crippen molar-refractivity contribution in [2.45, 2.75) is 38.3 Å². The van der Waals surface area contributed by atoms with Gasteiger partial charge in [0, 0.05) is 37.9 Å². The van der Waals surface area contributed by atoms with Crippen LogP contribution in [0.15, 0.2) is 18.3 Å². The zero-order valence-electron chi connectivity index (χ0n) is 13.8. The largest absolute Gasteiger partial charge is 0.481 e. The van der Waals surface area contributed by atoms with Crippen LogP contribution in [0.3, 0.4) is 0 Å². The maximum Gasteiger partial charge on any atom is 0.317 e. The average Bonchev–Trinajstić information content (AvgIpc) is 3.14. The minimum absolute atomic E-state index is 0.0321. The molecule has 1 aromatic rings. The van der Waals surface area contributed by atoms with Crippen LogP contribution in [-0.4, -0.2) is 60.1 Å². The summed E-state index contributed by atoms with van der Waals surface area (Å²) in [5.41, 5.74) is 0.998. The first-order valence-electron chi connectivity index (χ1n) is 8.52. The number of carbonyl (C=O) groups is 1. The number of urea groups is 1. The molecule has 2 aliphatic heterocycles. The number of carbonyl (C=O) groups excluding carboxylic acids is 1. The molecule has 1 atom stereocenters. The maximum atomic E-state index is 12.4. The molecule has 1 N–H and O–H groups in total. The summed E-state index contributed by atoms with van der Waals surface area (Å²) in [7, 11) is 1.59. The normalized spacial score (nSPS) is 22.1. The van der Waals surface area contributed by atoms with E-state index in [4.69, 9.17) is 4.74 Å². The van der Waals surface area contributed by atoms with Gasteiger partial charge in [-0.25, -0.2) is 9.78 Å². The van der Waals surface area contributed by atoms with E-state index in [1.807, 2.05) is 17.0 Å². The van der Waals surface area contributed by atoms with E-state index in [1.54, 1.807) is 13.3 Å². The Balaban J connectivity index is 1.50. The van der Waals surface area contributed by atoms with E-state index in [-0.39, 0.29) is 6.03 Å². The van der Waals surface area contributed by atoms with Crippen LogP contribution in [0.2, 0.25) is 0 Å². The van der Waals surface area contributed by atoms with Gasteiger partial charge < -0.3 is 15.0 Å². The number of piperidine rings is 1. The average molecular weight is 318 g/mol. The van der Waals surface area contributed by atoms with E-state index in [2.05, 4.69) is 15.2 Å². The third-order valence-corrected chi connectivity index (χ3v) is 4.79. The number of amides is 2. The highest BCUT2D eigenvalue weighted by Crippen LogP contribution is 2.20. The summed E-state index contributed by atoms with van der Waals surface area (Å²) >= 11 is 0. The van der Waals surface area contributed by atoms with Crippen LogP contribution < -0.4 is 10.1 Å². The lowest BCUT2D eigenvalue weighted by molar-refractivity contribution is 0.125. The van der Waals surface area contributed by atoms with Gasteiger partial charge in [-0.15, -0.1) is 0 Å². The molecule has 3 heterocycles. The van der Waals surface area contributed by atoms with Gasteiger partial charge in [0.1, 0.15) is 0 Å². The molecule has 2 amide bonds. The van der Waals surface area contributed by atoms with Gasteiger partial charge in [-0.1, -0.05) is 0 Å². The first-order valence-corrected chi connectivity index (χ1v) is 8.52. The molecule has 2 fully saturated rings. The van der Waals surface area contributed by atoms with Crippen molar-refractivity contribution >= 4 is 6.03 Å². The van der Waals surface area contributed by atoms with Crippen molar-refractivity contribution in [2.75, 3.05) is 33.3 Å². The Hall–Kier alpha value is -1.82. The number of likely N-dealkylation sites (tertiary alicyclic amines) is 2. The Bertz CT molecular complexity index is 531. The molecule has 0 radical (unpaired) electrons. The molecule has 3 rings (SSSR count). The van der Waals surface area contributed by atoms with Crippen LogP contribution in [0, 0.1) is 0 Å². The number of nitrogens with one attached hydrogen (secondary N) is 1. The van der Waals surface area contributed by atoms with E-state index in [1.165, 1.54) is 32.4 Å². The fraction of sp³-hybridized carbons (Fsp3) is 0.647. The number of ether oxygens (including phenoxy) is 1. The van der Waals surface area contributed by atoms with Gasteiger partial charge in [-0.05, 0) is 50.4 Å². The second-order valence-electron chi connectivity index (χ2n) is 6.35. The molecule has 0 aliphatic carbocycles. The minimum Gasteiger partial charge on any atom is -0.481 e. The Morgan fingerprint density at radius 2 is 2.17 bits per heavy atom. The predicted molar refractivity (Wildman–Crippen MR) is 88.4 cm³/mol. The molecule has 6 heteroatoms. The lowest BCUT2D eigenvalue weighted by Crippen LogP contribution is -2.51. The quantitative estimate of drug-likeness (QED) is 0.920.